The van der Waals surface area contributed by atoms with Gasteiger partial charge >= 0.3 is 0 Å². The molecule has 0 unspecified atom stereocenters. The van der Waals surface area contributed by atoms with Gasteiger partial charge in [0.15, 0.2) is 11.3 Å². The van der Waals surface area contributed by atoms with Crippen molar-refractivity contribution in [2.45, 2.75) is 13.1 Å². The van der Waals surface area contributed by atoms with Gasteiger partial charge in [-0.25, -0.2) is 0 Å². The van der Waals surface area contributed by atoms with Crippen LogP contribution in [-0.2, 0) is 13.1 Å². The molecule has 1 N–H and O–H groups in total. The molecule has 0 bridgehead atoms. The van der Waals surface area contributed by atoms with Gasteiger partial charge in [-0.1, -0.05) is 12.1 Å². The molecular formula is C15H15N3O2. The Kier molecular flexibility index (Phi) is 3.60. The van der Waals surface area contributed by atoms with Crippen LogP contribution in [0.1, 0.15) is 11.5 Å². The fourth-order valence-electron chi connectivity index (χ4n) is 2.08. The van der Waals surface area contributed by atoms with Crippen LogP contribution in [0.4, 0.5) is 0 Å². The number of ether oxygens (including phenoxy) is 1. The van der Waals surface area contributed by atoms with Crippen LogP contribution in [0.5, 0.6) is 5.75 Å². The third kappa shape index (κ3) is 2.62. The average molecular weight is 269 g/mol. The van der Waals surface area contributed by atoms with Gasteiger partial charge in [-0.3, -0.25) is 0 Å². The summed E-state index contributed by atoms with van der Waals surface area (Å²) in [5, 5.41) is 12.2. The van der Waals surface area contributed by atoms with Crippen molar-refractivity contribution < 1.29 is 9.15 Å². The molecule has 102 valence electrons. The van der Waals surface area contributed by atoms with Gasteiger partial charge < -0.3 is 14.5 Å². The second-order valence-electron chi connectivity index (χ2n) is 4.41. The Morgan fingerprint density at radius 2 is 2.15 bits per heavy atom. The van der Waals surface area contributed by atoms with E-state index in [-0.39, 0.29) is 0 Å². The molecule has 1 aromatic carbocycles. The molecule has 0 fully saturated rings. The molecule has 5 heteroatoms. The lowest BCUT2D eigenvalue weighted by atomic mass is 10.2. The Bertz CT molecular complexity index is 695. The van der Waals surface area contributed by atoms with Crippen molar-refractivity contribution in [1.29, 1.82) is 0 Å². The molecule has 0 spiro atoms. The molecule has 0 saturated heterocycles. The van der Waals surface area contributed by atoms with Crippen LogP contribution in [0, 0.1) is 0 Å². The number of rotatable bonds is 5. The summed E-state index contributed by atoms with van der Waals surface area (Å²) in [4.78, 5) is 0. The summed E-state index contributed by atoms with van der Waals surface area (Å²) in [6.45, 7) is 1.29. The monoisotopic (exact) mass is 269 g/mol. The van der Waals surface area contributed by atoms with Crippen molar-refractivity contribution in [3.8, 4) is 5.75 Å². The number of para-hydroxylation sites is 1. The third-order valence-corrected chi connectivity index (χ3v) is 3.01. The van der Waals surface area contributed by atoms with E-state index in [4.69, 9.17) is 9.15 Å². The highest BCUT2D eigenvalue weighted by Crippen LogP contribution is 2.28. The maximum atomic E-state index is 5.80. The molecule has 3 aromatic rings. The van der Waals surface area contributed by atoms with Crippen molar-refractivity contribution in [3.05, 3.63) is 54.0 Å². The summed E-state index contributed by atoms with van der Waals surface area (Å²) in [7, 11) is 1.64. The molecule has 0 amide bonds. The summed E-state index contributed by atoms with van der Waals surface area (Å²) >= 11 is 0. The molecule has 20 heavy (non-hydrogen) atoms. The van der Waals surface area contributed by atoms with Crippen molar-refractivity contribution in [1.82, 2.24) is 15.5 Å². The van der Waals surface area contributed by atoms with E-state index >= 15 is 0 Å². The van der Waals surface area contributed by atoms with Crippen molar-refractivity contribution in [3.63, 3.8) is 0 Å². The van der Waals surface area contributed by atoms with Gasteiger partial charge in [0.05, 0.1) is 19.3 Å². The Labute approximate surface area is 116 Å². The largest absolute Gasteiger partial charge is 0.493 e. The fourth-order valence-corrected chi connectivity index (χ4v) is 2.08. The summed E-state index contributed by atoms with van der Waals surface area (Å²) in [5.74, 6) is 1.62. The maximum Gasteiger partial charge on any atom is 0.176 e. The van der Waals surface area contributed by atoms with Crippen molar-refractivity contribution >= 4 is 11.0 Å². The van der Waals surface area contributed by atoms with Gasteiger partial charge in [-0.05, 0) is 24.3 Å². The van der Waals surface area contributed by atoms with E-state index in [9.17, 15) is 0 Å². The maximum absolute atomic E-state index is 5.80. The quantitative estimate of drug-likeness (QED) is 0.771. The summed E-state index contributed by atoms with van der Waals surface area (Å²) in [5.41, 5.74) is 1.69. The van der Waals surface area contributed by atoms with Crippen LogP contribution in [0.2, 0.25) is 0 Å². The lowest BCUT2D eigenvalue weighted by molar-refractivity contribution is 0.406. The molecule has 0 aliphatic carbocycles. The van der Waals surface area contributed by atoms with Gasteiger partial charge in [-0.15, -0.1) is 0 Å². The fraction of sp³-hybridized carbons (Fsp3) is 0.200. The Hall–Kier alpha value is -2.40. The number of nitrogens with zero attached hydrogens (tertiary/aromatic N) is 2. The molecule has 3 rings (SSSR count). The molecule has 0 atom stereocenters. The number of hydrogen-bond acceptors (Lipinski definition) is 5. The molecule has 0 radical (unpaired) electrons. The molecular weight excluding hydrogens is 254 g/mol. The SMILES string of the molecule is COc1cccc2cc(CNCc3cccnn3)oc12. The van der Waals surface area contributed by atoms with Gasteiger partial charge in [0.1, 0.15) is 5.76 Å². The number of aromatic nitrogens is 2. The van der Waals surface area contributed by atoms with Gasteiger partial charge in [0, 0.05) is 18.1 Å². The van der Waals surface area contributed by atoms with E-state index in [2.05, 4.69) is 15.5 Å². The van der Waals surface area contributed by atoms with Gasteiger partial charge in [0.2, 0.25) is 0 Å². The van der Waals surface area contributed by atoms with Gasteiger partial charge in [-0.2, -0.15) is 10.2 Å². The summed E-state index contributed by atoms with van der Waals surface area (Å²) in [6.07, 6.45) is 1.66. The van der Waals surface area contributed by atoms with Crippen LogP contribution in [-0.4, -0.2) is 17.3 Å². The van der Waals surface area contributed by atoms with Crippen LogP contribution in [0.15, 0.2) is 47.0 Å². The van der Waals surface area contributed by atoms with Crippen LogP contribution >= 0.6 is 0 Å². The predicted octanol–water partition coefficient (Wildman–Crippen LogP) is 2.52. The van der Waals surface area contributed by atoms with Crippen LogP contribution in [0.3, 0.4) is 0 Å². The van der Waals surface area contributed by atoms with E-state index in [1.807, 2.05) is 36.4 Å². The van der Waals surface area contributed by atoms with Crippen LogP contribution in [0.25, 0.3) is 11.0 Å². The highest BCUT2D eigenvalue weighted by Gasteiger charge is 2.08. The highest BCUT2D eigenvalue weighted by atomic mass is 16.5. The summed E-state index contributed by atoms with van der Waals surface area (Å²) in [6, 6.07) is 11.7. The van der Waals surface area contributed by atoms with E-state index in [0.717, 1.165) is 28.2 Å². The normalized spacial score (nSPS) is 10.8. The van der Waals surface area contributed by atoms with Crippen LogP contribution < -0.4 is 10.1 Å². The molecule has 0 aliphatic heterocycles. The first kappa shape index (κ1) is 12.6. The highest BCUT2D eigenvalue weighted by molar-refractivity contribution is 5.83. The topological polar surface area (TPSA) is 60.2 Å². The number of benzene rings is 1. The lowest BCUT2D eigenvalue weighted by Gasteiger charge is -2.01. The Morgan fingerprint density at radius 1 is 1.20 bits per heavy atom. The Balaban J connectivity index is 1.69. The number of nitrogens with one attached hydrogen (secondary N) is 1. The predicted molar refractivity (Wildman–Crippen MR) is 75.3 cm³/mol. The minimum Gasteiger partial charge on any atom is -0.493 e. The van der Waals surface area contributed by atoms with E-state index in [0.29, 0.717) is 13.1 Å². The number of furan rings is 1. The first-order valence-electron chi connectivity index (χ1n) is 6.39. The van der Waals surface area contributed by atoms with E-state index < -0.39 is 0 Å². The second kappa shape index (κ2) is 5.71. The van der Waals surface area contributed by atoms with Crippen molar-refractivity contribution in [2.75, 3.05) is 7.11 Å². The van der Waals surface area contributed by atoms with Gasteiger partial charge in [0.25, 0.3) is 0 Å². The number of hydrogen-bond donors (Lipinski definition) is 1. The number of methoxy groups -OCH3 is 1. The van der Waals surface area contributed by atoms with Crippen molar-refractivity contribution in [2.24, 2.45) is 0 Å². The lowest BCUT2D eigenvalue weighted by Crippen LogP contribution is -2.13. The summed E-state index contributed by atoms with van der Waals surface area (Å²) < 4.78 is 11.1. The zero-order valence-electron chi connectivity index (χ0n) is 11.2. The minimum atomic E-state index is 0.633. The molecule has 2 aromatic heterocycles. The van der Waals surface area contributed by atoms with E-state index in [1.54, 1.807) is 13.3 Å². The van der Waals surface area contributed by atoms with E-state index in [1.165, 1.54) is 0 Å². The molecule has 5 nitrogen and oxygen atoms in total. The minimum absolute atomic E-state index is 0.633. The Morgan fingerprint density at radius 3 is 2.95 bits per heavy atom. The first-order valence-corrected chi connectivity index (χ1v) is 6.39. The smallest absolute Gasteiger partial charge is 0.176 e. The zero-order chi connectivity index (χ0) is 13.8. The number of fused-ring (bicyclic) bond motifs is 1. The zero-order valence-corrected chi connectivity index (χ0v) is 11.2. The first-order chi connectivity index (χ1) is 9.86. The second-order valence-corrected chi connectivity index (χ2v) is 4.41. The molecule has 0 aliphatic rings. The molecule has 2 heterocycles. The standard InChI is InChI=1S/C15H15N3O2/c1-19-14-6-2-4-11-8-13(20-15(11)14)10-16-9-12-5-3-7-17-18-12/h2-8,16H,9-10H2,1H3. The third-order valence-electron chi connectivity index (χ3n) is 3.01. The average Bonchev–Trinajstić information content (AvgIpc) is 2.91. The molecule has 0 saturated carbocycles.